The van der Waals surface area contributed by atoms with Gasteiger partial charge >= 0.3 is 0 Å². The minimum Gasteiger partial charge on any atom is -0.491 e. The van der Waals surface area contributed by atoms with Crippen LogP contribution in [0, 0.1) is 11.6 Å². The average Bonchev–Trinajstić information content (AvgIpc) is 2.70. The summed E-state index contributed by atoms with van der Waals surface area (Å²) in [5.74, 6) is -1.06. The van der Waals surface area contributed by atoms with Crippen LogP contribution in [0.5, 0.6) is 5.75 Å². The number of halogens is 2. The van der Waals surface area contributed by atoms with E-state index in [1.807, 2.05) is 4.90 Å². The van der Waals surface area contributed by atoms with Gasteiger partial charge in [-0.05, 0) is 18.2 Å². The van der Waals surface area contributed by atoms with E-state index in [0.717, 1.165) is 17.3 Å². The number of anilines is 1. The van der Waals surface area contributed by atoms with Crippen LogP contribution in [0.1, 0.15) is 11.3 Å². The third-order valence-corrected chi connectivity index (χ3v) is 4.27. The zero-order valence-electron chi connectivity index (χ0n) is 14.0. The van der Waals surface area contributed by atoms with Crippen LogP contribution in [-0.2, 0) is 13.0 Å². The summed E-state index contributed by atoms with van der Waals surface area (Å²) >= 11 is 0. The predicted molar refractivity (Wildman–Crippen MR) is 90.7 cm³/mol. The fraction of sp³-hybridized carbons (Fsp3) is 0.222. The van der Waals surface area contributed by atoms with E-state index in [0.29, 0.717) is 36.8 Å². The molecule has 0 unspecified atom stereocenters. The van der Waals surface area contributed by atoms with Crippen LogP contribution >= 0.6 is 0 Å². The van der Waals surface area contributed by atoms with Crippen molar-refractivity contribution in [3.05, 3.63) is 59.7 Å². The molecule has 132 valence electrons. The number of hydrogen-bond acceptors (Lipinski definition) is 6. The van der Waals surface area contributed by atoms with Crippen molar-refractivity contribution < 1.29 is 13.5 Å². The summed E-state index contributed by atoms with van der Waals surface area (Å²) in [5, 5.41) is 0. The highest BCUT2D eigenvalue weighted by atomic mass is 19.2. The van der Waals surface area contributed by atoms with Crippen LogP contribution in [0.3, 0.4) is 0 Å². The van der Waals surface area contributed by atoms with Crippen LogP contribution in [0.25, 0.3) is 11.6 Å². The number of ether oxygens (including phenoxy) is 1. The molecule has 0 bridgehead atoms. The molecule has 0 radical (unpaired) electrons. The number of nitrogens with zero attached hydrogens (tertiary/aromatic N) is 5. The zero-order valence-corrected chi connectivity index (χ0v) is 14.0. The molecule has 1 aromatic carbocycles. The minimum atomic E-state index is -0.983. The maximum atomic E-state index is 14.0. The average molecular weight is 355 g/mol. The lowest BCUT2D eigenvalue weighted by atomic mass is 10.1. The van der Waals surface area contributed by atoms with Gasteiger partial charge in [0.05, 0.1) is 18.5 Å². The van der Waals surface area contributed by atoms with Crippen molar-refractivity contribution in [2.24, 2.45) is 0 Å². The summed E-state index contributed by atoms with van der Waals surface area (Å²) in [6, 6.07) is 4.36. The molecule has 0 saturated carbocycles. The van der Waals surface area contributed by atoms with Crippen LogP contribution in [0.2, 0.25) is 0 Å². The second kappa shape index (κ2) is 6.62. The standard InChI is InChI=1S/C18H15F2N5O/c1-26-16-14(4-3-12(19)15(16)20)25-8-5-13-11(10-25)9-23-18(24-13)17-21-6-2-7-22-17/h2-4,6-7,9H,5,8,10H2,1H3. The Morgan fingerprint density at radius 1 is 1.08 bits per heavy atom. The molecular weight excluding hydrogens is 340 g/mol. The summed E-state index contributed by atoms with van der Waals surface area (Å²) in [6.07, 6.45) is 5.65. The van der Waals surface area contributed by atoms with Gasteiger partial charge in [-0.3, -0.25) is 0 Å². The van der Waals surface area contributed by atoms with Gasteiger partial charge < -0.3 is 9.64 Å². The quantitative estimate of drug-likeness (QED) is 0.720. The van der Waals surface area contributed by atoms with E-state index in [1.54, 1.807) is 24.7 Å². The number of aromatic nitrogens is 4. The second-order valence-electron chi connectivity index (χ2n) is 5.82. The topological polar surface area (TPSA) is 64.0 Å². The number of benzene rings is 1. The van der Waals surface area contributed by atoms with Crippen molar-refractivity contribution in [2.45, 2.75) is 13.0 Å². The Labute approximate surface area is 148 Å². The molecule has 2 aromatic heterocycles. The Morgan fingerprint density at radius 3 is 2.65 bits per heavy atom. The van der Waals surface area contributed by atoms with Gasteiger partial charge in [-0.25, -0.2) is 24.3 Å². The Morgan fingerprint density at radius 2 is 1.88 bits per heavy atom. The summed E-state index contributed by atoms with van der Waals surface area (Å²) in [4.78, 5) is 19.1. The zero-order chi connectivity index (χ0) is 18.1. The van der Waals surface area contributed by atoms with Crippen molar-refractivity contribution in [3.63, 3.8) is 0 Å². The van der Waals surface area contributed by atoms with Crippen molar-refractivity contribution in [1.29, 1.82) is 0 Å². The lowest BCUT2D eigenvalue weighted by molar-refractivity contribution is 0.371. The van der Waals surface area contributed by atoms with E-state index in [4.69, 9.17) is 4.74 Å². The summed E-state index contributed by atoms with van der Waals surface area (Å²) < 4.78 is 32.5. The van der Waals surface area contributed by atoms with Crippen LogP contribution in [-0.4, -0.2) is 33.6 Å². The molecule has 0 amide bonds. The summed E-state index contributed by atoms with van der Waals surface area (Å²) in [6.45, 7) is 1.08. The molecule has 3 heterocycles. The van der Waals surface area contributed by atoms with E-state index in [2.05, 4.69) is 19.9 Å². The van der Waals surface area contributed by atoms with Crippen molar-refractivity contribution in [3.8, 4) is 17.4 Å². The summed E-state index contributed by atoms with van der Waals surface area (Å²) in [5.41, 5.74) is 2.33. The van der Waals surface area contributed by atoms with Crippen LogP contribution in [0.15, 0.2) is 36.8 Å². The van der Waals surface area contributed by atoms with Gasteiger partial charge in [0, 0.05) is 43.7 Å². The van der Waals surface area contributed by atoms with Gasteiger partial charge in [-0.15, -0.1) is 0 Å². The van der Waals surface area contributed by atoms with Crippen LogP contribution < -0.4 is 9.64 Å². The van der Waals surface area contributed by atoms with Gasteiger partial charge in [0.15, 0.2) is 23.2 Å². The molecule has 0 saturated heterocycles. The van der Waals surface area contributed by atoms with E-state index >= 15 is 0 Å². The molecule has 0 fully saturated rings. The molecule has 0 spiro atoms. The predicted octanol–water partition coefficient (Wildman–Crippen LogP) is 2.78. The molecule has 0 atom stereocenters. The molecule has 1 aliphatic rings. The highest BCUT2D eigenvalue weighted by molar-refractivity contribution is 5.60. The first-order valence-electron chi connectivity index (χ1n) is 8.06. The van der Waals surface area contributed by atoms with Crippen LogP contribution in [0.4, 0.5) is 14.5 Å². The van der Waals surface area contributed by atoms with Crippen molar-refractivity contribution in [2.75, 3.05) is 18.6 Å². The molecule has 1 aliphatic heterocycles. The maximum absolute atomic E-state index is 14.0. The third kappa shape index (κ3) is 2.83. The molecule has 8 heteroatoms. The molecular formula is C18H15F2N5O. The Kier molecular flexibility index (Phi) is 4.16. The number of fused-ring (bicyclic) bond motifs is 1. The number of methoxy groups -OCH3 is 1. The van der Waals surface area contributed by atoms with Gasteiger partial charge in [0.25, 0.3) is 0 Å². The first-order chi connectivity index (χ1) is 12.7. The number of hydrogen-bond donors (Lipinski definition) is 0. The Balaban J connectivity index is 1.64. The fourth-order valence-corrected chi connectivity index (χ4v) is 3.01. The first kappa shape index (κ1) is 16.3. The van der Waals surface area contributed by atoms with E-state index in [-0.39, 0.29) is 5.75 Å². The Bertz CT molecular complexity index is 952. The van der Waals surface area contributed by atoms with E-state index in [1.165, 1.54) is 13.2 Å². The maximum Gasteiger partial charge on any atom is 0.202 e. The largest absolute Gasteiger partial charge is 0.491 e. The normalized spacial score (nSPS) is 13.4. The molecule has 0 aliphatic carbocycles. The van der Waals surface area contributed by atoms with Gasteiger partial charge in [0.1, 0.15) is 0 Å². The first-order valence-corrected chi connectivity index (χ1v) is 8.06. The molecule has 26 heavy (non-hydrogen) atoms. The molecule has 4 rings (SSSR count). The van der Waals surface area contributed by atoms with Crippen molar-refractivity contribution in [1.82, 2.24) is 19.9 Å². The van der Waals surface area contributed by atoms with E-state index in [9.17, 15) is 8.78 Å². The highest BCUT2D eigenvalue weighted by Crippen LogP contribution is 2.35. The Hall–Kier alpha value is -3.16. The van der Waals surface area contributed by atoms with Gasteiger partial charge in [0.2, 0.25) is 5.82 Å². The fourth-order valence-electron chi connectivity index (χ4n) is 3.01. The monoisotopic (exact) mass is 355 g/mol. The van der Waals surface area contributed by atoms with Gasteiger partial charge in [-0.2, -0.15) is 4.39 Å². The summed E-state index contributed by atoms with van der Waals surface area (Å²) in [7, 11) is 1.33. The molecule has 0 N–H and O–H groups in total. The number of rotatable bonds is 3. The minimum absolute atomic E-state index is 0.0938. The highest BCUT2D eigenvalue weighted by Gasteiger charge is 2.24. The van der Waals surface area contributed by atoms with Gasteiger partial charge in [-0.1, -0.05) is 0 Å². The SMILES string of the molecule is COc1c(N2CCc3nc(-c4ncccn4)ncc3C2)ccc(F)c1F. The second-order valence-corrected chi connectivity index (χ2v) is 5.82. The lowest BCUT2D eigenvalue weighted by Crippen LogP contribution is -2.31. The smallest absolute Gasteiger partial charge is 0.202 e. The molecule has 6 nitrogen and oxygen atoms in total. The van der Waals surface area contributed by atoms with E-state index < -0.39 is 11.6 Å². The van der Waals surface area contributed by atoms with Crippen molar-refractivity contribution >= 4 is 5.69 Å². The third-order valence-electron chi connectivity index (χ3n) is 4.27. The lowest BCUT2D eigenvalue weighted by Gasteiger charge is -2.31. The molecule has 3 aromatic rings.